The maximum Gasteiger partial charge on any atom is 0.158 e. The van der Waals surface area contributed by atoms with Crippen LogP contribution in [0.2, 0.25) is 19.6 Å². The van der Waals surface area contributed by atoms with Crippen molar-refractivity contribution >= 4 is 8.80 Å². The van der Waals surface area contributed by atoms with Gasteiger partial charge in [-0.3, -0.25) is 0 Å². The molecule has 0 saturated heterocycles. The van der Waals surface area contributed by atoms with Gasteiger partial charge in [0.2, 0.25) is 0 Å². The van der Waals surface area contributed by atoms with Crippen molar-refractivity contribution in [2.45, 2.75) is 39.1 Å². The quantitative estimate of drug-likeness (QED) is 0.378. The van der Waals surface area contributed by atoms with E-state index in [0.717, 1.165) is 0 Å². The molecule has 0 rings (SSSR count). The first-order valence-corrected chi connectivity index (χ1v) is 6.94. The van der Waals surface area contributed by atoms with E-state index >= 15 is 0 Å². The van der Waals surface area contributed by atoms with E-state index in [0.29, 0.717) is 0 Å². The summed E-state index contributed by atoms with van der Waals surface area (Å²) in [6.45, 7) is 9.82. The van der Waals surface area contributed by atoms with E-state index in [4.69, 9.17) is 6.42 Å². The molecule has 0 aromatic heterocycles. The minimum atomic E-state index is -1.18. The largest absolute Gasteiger partial charge is 0.216 e. The van der Waals surface area contributed by atoms with Crippen molar-refractivity contribution in [1.29, 1.82) is 0 Å². The highest BCUT2D eigenvalue weighted by atomic mass is 28.3. The van der Waals surface area contributed by atoms with Gasteiger partial charge in [-0.2, -0.15) is 0 Å². The van der Waals surface area contributed by atoms with E-state index in [1.54, 1.807) is 0 Å². The average molecular weight is 157 g/mol. The number of terminal acetylenes is 1. The first-order chi connectivity index (χ1) is 4.29. The van der Waals surface area contributed by atoms with Crippen LogP contribution >= 0.6 is 0 Å². The van der Waals surface area contributed by atoms with E-state index in [2.05, 4.69) is 19.6 Å². The summed E-state index contributed by atoms with van der Waals surface area (Å²) < 4.78 is 0. The maximum absolute atomic E-state index is 10.2. The van der Waals surface area contributed by atoms with E-state index in [-0.39, 0.29) is 8.80 Å². The zero-order valence-electron chi connectivity index (χ0n) is 7.56. The SMILES string of the molecule is C#CC(C)(C)[O].C[SiH](C)C. The predicted molar refractivity (Wildman–Crippen MR) is 48.3 cm³/mol. The minimum Gasteiger partial charge on any atom is -0.216 e. The van der Waals surface area contributed by atoms with E-state index in [1.807, 2.05) is 5.92 Å². The van der Waals surface area contributed by atoms with Crippen LogP contribution in [-0.4, -0.2) is 14.4 Å². The molecule has 10 heavy (non-hydrogen) atoms. The molecule has 0 spiro atoms. The van der Waals surface area contributed by atoms with Crippen LogP contribution in [0.15, 0.2) is 0 Å². The zero-order valence-corrected chi connectivity index (χ0v) is 8.72. The number of hydrogen-bond donors (Lipinski definition) is 0. The van der Waals surface area contributed by atoms with Crippen molar-refractivity contribution in [3.63, 3.8) is 0 Å². The van der Waals surface area contributed by atoms with Gasteiger partial charge in [0.15, 0.2) is 5.60 Å². The Bertz CT molecular complexity index is 103. The fourth-order valence-electron chi connectivity index (χ4n) is 0. The summed E-state index contributed by atoms with van der Waals surface area (Å²) in [5, 5.41) is 10.2. The van der Waals surface area contributed by atoms with Crippen molar-refractivity contribution in [3.8, 4) is 12.3 Å². The molecule has 59 valence electrons. The molecule has 0 saturated carbocycles. The highest BCUT2D eigenvalue weighted by Gasteiger charge is 2.06. The molecule has 1 nitrogen and oxygen atoms in total. The van der Waals surface area contributed by atoms with Gasteiger partial charge in [0.05, 0.1) is 0 Å². The molecule has 0 aliphatic heterocycles. The standard InChI is InChI=1S/C5H7O.C3H10Si/c1-4-5(2,3)6;1-4(2)3/h1H,2-3H3;4H,1-3H3. The highest BCUT2D eigenvalue weighted by Crippen LogP contribution is 1.95. The molecular formula is C8H17OSi. The first kappa shape index (κ1) is 12.4. The lowest BCUT2D eigenvalue weighted by Crippen LogP contribution is -2.11. The summed E-state index contributed by atoms with van der Waals surface area (Å²) >= 11 is 0. The van der Waals surface area contributed by atoms with Crippen LogP contribution < -0.4 is 0 Å². The molecule has 0 fully saturated rings. The molecule has 0 heterocycles. The van der Waals surface area contributed by atoms with Crippen molar-refractivity contribution in [2.75, 3.05) is 0 Å². The fraction of sp³-hybridized carbons (Fsp3) is 0.750. The average Bonchev–Trinajstić information content (AvgIpc) is 1.63. The van der Waals surface area contributed by atoms with Crippen molar-refractivity contribution < 1.29 is 5.11 Å². The van der Waals surface area contributed by atoms with Crippen molar-refractivity contribution in [3.05, 3.63) is 0 Å². The summed E-state index contributed by atoms with van der Waals surface area (Å²) in [4.78, 5) is 0. The third kappa shape index (κ3) is 46.9. The van der Waals surface area contributed by atoms with Gasteiger partial charge in [-0.15, -0.1) is 6.42 Å². The predicted octanol–water partition coefficient (Wildman–Crippen LogP) is 1.93. The van der Waals surface area contributed by atoms with E-state index < -0.39 is 5.60 Å². The normalized spacial score (nSPS) is 9.80. The smallest absolute Gasteiger partial charge is 0.158 e. The van der Waals surface area contributed by atoms with Crippen LogP contribution in [-0.2, 0) is 5.11 Å². The summed E-state index contributed by atoms with van der Waals surface area (Å²) in [6, 6.07) is 0. The Hall–Kier alpha value is -0.263. The Morgan fingerprint density at radius 1 is 1.30 bits per heavy atom. The molecule has 0 aromatic carbocycles. The molecule has 1 radical (unpaired) electrons. The molecule has 0 aliphatic carbocycles. The van der Waals surface area contributed by atoms with Crippen LogP contribution in [0.1, 0.15) is 13.8 Å². The molecule has 0 unspecified atom stereocenters. The Balaban J connectivity index is 0. The number of rotatable bonds is 0. The molecule has 0 atom stereocenters. The monoisotopic (exact) mass is 157 g/mol. The highest BCUT2D eigenvalue weighted by molar-refractivity contribution is 6.54. The van der Waals surface area contributed by atoms with Crippen LogP contribution in [0.5, 0.6) is 0 Å². The second-order valence-corrected chi connectivity index (χ2v) is 6.85. The molecule has 0 N–H and O–H groups in total. The summed E-state index contributed by atoms with van der Waals surface area (Å²) in [5.41, 5.74) is -1.18. The fourth-order valence-corrected chi connectivity index (χ4v) is 0. The molecule has 0 bridgehead atoms. The lowest BCUT2D eigenvalue weighted by Gasteiger charge is -1.99. The van der Waals surface area contributed by atoms with E-state index in [9.17, 15) is 5.11 Å². The second kappa shape index (κ2) is 5.52. The Morgan fingerprint density at radius 3 is 1.40 bits per heavy atom. The van der Waals surface area contributed by atoms with Crippen LogP contribution in [0.25, 0.3) is 0 Å². The number of hydrogen-bond acceptors (Lipinski definition) is 0. The van der Waals surface area contributed by atoms with Gasteiger partial charge >= 0.3 is 0 Å². The van der Waals surface area contributed by atoms with Gasteiger partial charge < -0.3 is 0 Å². The lowest BCUT2D eigenvalue weighted by molar-refractivity contribution is 0.0582. The van der Waals surface area contributed by atoms with Gasteiger partial charge in [-0.05, 0) is 13.8 Å². The molecule has 0 aromatic rings. The third-order valence-corrected chi connectivity index (χ3v) is 0.348. The van der Waals surface area contributed by atoms with Crippen molar-refractivity contribution in [1.82, 2.24) is 0 Å². The van der Waals surface area contributed by atoms with Gasteiger partial charge in [0, 0.05) is 8.80 Å². The van der Waals surface area contributed by atoms with Crippen LogP contribution in [0.3, 0.4) is 0 Å². The summed E-state index contributed by atoms with van der Waals surface area (Å²) in [7, 11) is -0.139. The van der Waals surface area contributed by atoms with Gasteiger partial charge in [0.1, 0.15) is 0 Å². The van der Waals surface area contributed by atoms with Gasteiger partial charge in [0.25, 0.3) is 0 Å². The zero-order chi connectivity index (χ0) is 8.78. The minimum absolute atomic E-state index is 0.139. The maximum atomic E-state index is 10.2. The third-order valence-electron chi connectivity index (χ3n) is 0.348. The van der Waals surface area contributed by atoms with Crippen molar-refractivity contribution in [2.24, 2.45) is 0 Å². The Kier molecular flexibility index (Phi) is 6.85. The molecule has 0 amide bonds. The summed E-state index contributed by atoms with van der Waals surface area (Å²) in [5.74, 6) is 2.05. The molecule has 2 heteroatoms. The lowest BCUT2D eigenvalue weighted by atomic mass is 10.2. The van der Waals surface area contributed by atoms with Crippen LogP contribution in [0, 0.1) is 12.3 Å². The molecule has 0 aliphatic rings. The van der Waals surface area contributed by atoms with E-state index in [1.165, 1.54) is 13.8 Å². The summed E-state index contributed by atoms with van der Waals surface area (Å²) in [6.07, 6.45) is 4.74. The van der Waals surface area contributed by atoms with Gasteiger partial charge in [-0.1, -0.05) is 25.6 Å². The Morgan fingerprint density at radius 2 is 1.40 bits per heavy atom. The second-order valence-electron chi connectivity index (χ2n) is 3.39. The first-order valence-electron chi connectivity index (χ1n) is 3.47. The topological polar surface area (TPSA) is 19.9 Å². The van der Waals surface area contributed by atoms with Crippen LogP contribution in [0.4, 0.5) is 0 Å². The Labute approximate surface area is 66.1 Å². The molecular weight excluding hydrogens is 140 g/mol. The van der Waals surface area contributed by atoms with Gasteiger partial charge in [-0.25, -0.2) is 5.11 Å².